The van der Waals surface area contributed by atoms with Crippen LogP contribution < -0.4 is 11.3 Å². The predicted molar refractivity (Wildman–Crippen MR) is 72.1 cm³/mol. The molecule has 5 nitrogen and oxygen atoms in total. The molecule has 0 spiro atoms. The van der Waals surface area contributed by atoms with Crippen molar-refractivity contribution in [2.45, 2.75) is 6.54 Å². The average Bonchev–Trinajstić information content (AvgIpc) is 2.77. The van der Waals surface area contributed by atoms with Crippen molar-refractivity contribution in [1.82, 2.24) is 15.0 Å². The highest BCUT2D eigenvalue weighted by atomic mass is 35.5. The number of fused-ring (bicyclic) bond motifs is 1. The molecule has 1 aromatic carbocycles. The number of imidazole rings is 1. The number of nitrogens with one attached hydrogen (secondary N) is 1. The molecule has 2 rings (SSSR count). The lowest BCUT2D eigenvalue weighted by Crippen LogP contribution is -2.33. The molecule has 96 valence electrons. The Morgan fingerprint density at radius 1 is 1.22 bits per heavy atom. The second-order valence-electron chi connectivity index (χ2n) is 3.39. The van der Waals surface area contributed by atoms with Gasteiger partial charge in [-0.15, -0.1) is 0 Å². The zero-order chi connectivity index (χ0) is 13.4. The van der Waals surface area contributed by atoms with Gasteiger partial charge in [-0.1, -0.05) is 46.4 Å². The molecule has 2 aromatic rings. The van der Waals surface area contributed by atoms with Crippen LogP contribution in [0.4, 0.5) is 0 Å². The highest BCUT2D eigenvalue weighted by molar-refractivity contribution is 6.55. The van der Waals surface area contributed by atoms with Crippen LogP contribution >= 0.6 is 46.4 Å². The molecular formula is C9H6Cl4N4O. The number of amides is 1. The average molecular weight is 328 g/mol. The normalized spacial score (nSPS) is 10.9. The zero-order valence-electron chi connectivity index (χ0n) is 8.68. The van der Waals surface area contributed by atoms with Gasteiger partial charge in [-0.3, -0.25) is 10.2 Å². The van der Waals surface area contributed by atoms with E-state index < -0.39 is 5.91 Å². The van der Waals surface area contributed by atoms with Gasteiger partial charge in [0.15, 0.2) is 0 Å². The van der Waals surface area contributed by atoms with Gasteiger partial charge in [0, 0.05) is 0 Å². The van der Waals surface area contributed by atoms with Gasteiger partial charge in [-0.2, -0.15) is 0 Å². The first-order chi connectivity index (χ1) is 8.47. The van der Waals surface area contributed by atoms with Crippen molar-refractivity contribution in [1.29, 1.82) is 0 Å². The van der Waals surface area contributed by atoms with Gasteiger partial charge in [-0.05, 0) is 0 Å². The van der Waals surface area contributed by atoms with Gasteiger partial charge in [0.05, 0.1) is 31.9 Å². The first-order valence-electron chi connectivity index (χ1n) is 4.63. The molecule has 1 amide bonds. The number of halogens is 4. The minimum Gasteiger partial charge on any atom is -0.320 e. The number of hydrogen-bond acceptors (Lipinski definition) is 3. The predicted octanol–water partition coefficient (Wildman–Crippen LogP) is 2.64. The van der Waals surface area contributed by atoms with Crippen LogP contribution in [0.2, 0.25) is 20.1 Å². The largest absolute Gasteiger partial charge is 0.320 e. The van der Waals surface area contributed by atoms with Gasteiger partial charge >= 0.3 is 0 Å². The molecular weight excluding hydrogens is 322 g/mol. The number of hydrazine groups is 1. The van der Waals surface area contributed by atoms with Crippen LogP contribution in [0, 0.1) is 0 Å². The Balaban J connectivity index is 2.69. The summed E-state index contributed by atoms with van der Waals surface area (Å²) in [6.07, 6.45) is 1.41. The number of nitrogens with two attached hydrogens (primary N) is 1. The first kappa shape index (κ1) is 13.7. The summed E-state index contributed by atoms with van der Waals surface area (Å²) in [6.45, 7) is -0.0546. The highest BCUT2D eigenvalue weighted by Gasteiger charge is 2.19. The molecule has 0 bridgehead atoms. The van der Waals surface area contributed by atoms with Gasteiger partial charge < -0.3 is 4.57 Å². The fourth-order valence-corrected chi connectivity index (χ4v) is 2.48. The van der Waals surface area contributed by atoms with Crippen LogP contribution in [0.5, 0.6) is 0 Å². The van der Waals surface area contributed by atoms with Gasteiger partial charge in [0.2, 0.25) is 0 Å². The molecule has 0 atom stereocenters. The van der Waals surface area contributed by atoms with E-state index in [0.29, 0.717) is 11.0 Å². The van der Waals surface area contributed by atoms with E-state index in [0.717, 1.165) is 0 Å². The molecule has 0 fully saturated rings. The van der Waals surface area contributed by atoms with Crippen LogP contribution in [0.3, 0.4) is 0 Å². The monoisotopic (exact) mass is 326 g/mol. The van der Waals surface area contributed by atoms with E-state index in [-0.39, 0.29) is 26.6 Å². The number of hydrogen-bond donors (Lipinski definition) is 2. The van der Waals surface area contributed by atoms with E-state index >= 15 is 0 Å². The maximum absolute atomic E-state index is 11.3. The number of carbonyl (C=O) groups is 1. The number of benzene rings is 1. The SMILES string of the molecule is NNC(=O)Cn1cnc2c(Cl)c(Cl)c(Cl)c(Cl)c21. The van der Waals surface area contributed by atoms with Crippen molar-refractivity contribution >= 4 is 63.3 Å². The fourth-order valence-electron chi connectivity index (χ4n) is 1.49. The van der Waals surface area contributed by atoms with Gasteiger partial charge in [0.1, 0.15) is 12.1 Å². The van der Waals surface area contributed by atoms with Crippen LogP contribution in [-0.4, -0.2) is 15.5 Å². The Labute approximate surface area is 122 Å². The summed E-state index contributed by atoms with van der Waals surface area (Å²) in [5, 5.41) is 0.617. The topological polar surface area (TPSA) is 72.9 Å². The van der Waals surface area contributed by atoms with Crippen LogP contribution in [-0.2, 0) is 11.3 Å². The summed E-state index contributed by atoms with van der Waals surface area (Å²) >= 11 is 23.9. The number of carbonyl (C=O) groups excluding carboxylic acids is 1. The molecule has 0 unspecified atom stereocenters. The zero-order valence-corrected chi connectivity index (χ0v) is 11.7. The summed E-state index contributed by atoms with van der Waals surface area (Å²) in [6, 6.07) is 0. The van der Waals surface area contributed by atoms with Crippen LogP contribution in [0.1, 0.15) is 0 Å². The molecule has 0 saturated heterocycles. The molecule has 9 heteroatoms. The number of aromatic nitrogens is 2. The standard InChI is InChI=1S/C9H6Cl4N4O/c10-4-5(11)7(13)9-8(6(4)12)15-2-17(9)1-3(18)16-14/h2H,1,14H2,(H,16,18). The van der Waals surface area contributed by atoms with E-state index in [2.05, 4.69) is 4.98 Å². The summed E-state index contributed by atoms with van der Waals surface area (Å²) < 4.78 is 1.48. The summed E-state index contributed by atoms with van der Waals surface area (Å²) in [5.74, 6) is 4.61. The van der Waals surface area contributed by atoms with Crippen LogP contribution in [0.15, 0.2) is 6.33 Å². The number of rotatable bonds is 2. The lowest BCUT2D eigenvalue weighted by molar-refractivity contribution is -0.121. The molecule has 3 N–H and O–H groups in total. The molecule has 1 aromatic heterocycles. The summed E-state index contributed by atoms with van der Waals surface area (Å²) in [4.78, 5) is 15.3. The lowest BCUT2D eigenvalue weighted by atomic mass is 10.3. The third-order valence-corrected chi connectivity index (χ3v) is 4.09. The maximum atomic E-state index is 11.3. The fraction of sp³-hybridized carbons (Fsp3) is 0.111. The van der Waals surface area contributed by atoms with E-state index in [9.17, 15) is 4.79 Å². The Hall–Kier alpha value is -0.720. The maximum Gasteiger partial charge on any atom is 0.253 e. The molecule has 0 aliphatic rings. The second kappa shape index (κ2) is 5.11. The molecule has 0 saturated carbocycles. The highest BCUT2D eigenvalue weighted by Crippen LogP contribution is 2.42. The Kier molecular flexibility index (Phi) is 3.89. The molecule has 1 heterocycles. The summed E-state index contributed by atoms with van der Waals surface area (Å²) in [7, 11) is 0. The van der Waals surface area contributed by atoms with Crippen molar-refractivity contribution < 1.29 is 4.79 Å². The molecule has 0 radical (unpaired) electrons. The second-order valence-corrected chi connectivity index (χ2v) is 4.90. The quantitative estimate of drug-likeness (QED) is 0.293. The third kappa shape index (κ3) is 2.13. The van der Waals surface area contributed by atoms with Gasteiger partial charge in [-0.25, -0.2) is 10.8 Å². The summed E-state index contributed by atoms with van der Waals surface area (Å²) in [5.41, 5.74) is 2.81. The minimum atomic E-state index is -0.410. The van der Waals surface area contributed by atoms with Crippen molar-refractivity contribution in [3.05, 3.63) is 26.4 Å². The van der Waals surface area contributed by atoms with Crippen molar-refractivity contribution in [3.63, 3.8) is 0 Å². The van der Waals surface area contributed by atoms with E-state index in [1.807, 2.05) is 5.43 Å². The van der Waals surface area contributed by atoms with E-state index in [4.69, 9.17) is 52.2 Å². The van der Waals surface area contributed by atoms with Crippen LogP contribution in [0.25, 0.3) is 11.0 Å². The number of nitrogens with zero attached hydrogens (tertiary/aromatic N) is 2. The smallest absolute Gasteiger partial charge is 0.253 e. The Bertz CT molecular complexity index is 639. The van der Waals surface area contributed by atoms with E-state index in [1.165, 1.54) is 10.9 Å². The molecule has 0 aliphatic heterocycles. The van der Waals surface area contributed by atoms with E-state index in [1.54, 1.807) is 0 Å². The lowest BCUT2D eigenvalue weighted by Gasteiger charge is -2.07. The van der Waals surface area contributed by atoms with Crippen molar-refractivity contribution in [2.24, 2.45) is 5.84 Å². The first-order valence-corrected chi connectivity index (χ1v) is 6.14. The third-order valence-electron chi connectivity index (χ3n) is 2.31. The van der Waals surface area contributed by atoms with Crippen molar-refractivity contribution in [2.75, 3.05) is 0 Å². The van der Waals surface area contributed by atoms with Crippen molar-refractivity contribution in [3.8, 4) is 0 Å². The molecule has 18 heavy (non-hydrogen) atoms. The minimum absolute atomic E-state index is 0.0546. The Morgan fingerprint density at radius 3 is 2.44 bits per heavy atom. The Morgan fingerprint density at radius 2 is 1.83 bits per heavy atom. The molecule has 0 aliphatic carbocycles. The van der Waals surface area contributed by atoms with Gasteiger partial charge in [0.25, 0.3) is 5.91 Å².